The molecule has 17 heavy (non-hydrogen) atoms. The zero-order chi connectivity index (χ0) is 11.9. The molecule has 1 aromatic rings. The highest BCUT2D eigenvalue weighted by Crippen LogP contribution is 2.28. The van der Waals surface area contributed by atoms with Gasteiger partial charge in [-0.25, -0.2) is 0 Å². The lowest BCUT2D eigenvalue weighted by atomic mass is 10.2. The van der Waals surface area contributed by atoms with Gasteiger partial charge in [0.25, 0.3) is 5.91 Å². The Labute approximate surface area is 106 Å². The minimum absolute atomic E-state index is 0.000535. The molecule has 0 aromatic carbocycles. The molecule has 0 aliphatic heterocycles. The van der Waals surface area contributed by atoms with Gasteiger partial charge in [0.2, 0.25) is 0 Å². The van der Waals surface area contributed by atoms with Gasteiger partial charge in [-0.1, -0.05) is 12.8 Å². The van der Waals surface area contributed by atoms with E-state index in [-0.39, 0.29) is 5.91 Å². The summed E-state index contributed by atoms with van der Waals surface area (Å²) in [7, 11) is 0. The van der Waals surface area contributed by atoms with E-state index in [1.54, 1.807) is 24.5 Å². The van der Waals surface area contributed by atoms with Gasteiger partial charge in [0, 0.05) is 35.5 Å². The number of thioether (sulfide) groups is 1. The van der Waals surface area contributed by atoms with Crippen LogP contribution in [0.15, 0.2) is 24.5 Å². The van der Waals surface area contributed by atoms with Crippen LogP contribution in [-0.4, -0.2) is 28.4 Å². The summed E-state index contributed by atoms with van der Waals surface area (Å²) >= 11 is 1.99. The van der Waals surface area contributed by atoms with E-state index in [2.05, 4.69) is 10.3 Å². The summed E-state index contributed by atoms with van der Waals surface area (Å²) in [6.07, 6.45) is 8.73. The molecule has 92 valence electrons. The van der Waals surface area contributed by atoms with E-state index in [1.807, 2.05) is 11.8 Å². The minimum Gasteiger partial charge on any atom is -0.351 e. The molecule has 0 radical (unpaired) electrons. The molecule has 4 heteroatoms. The van der Waals surface area contributed by atoms with Gasteiger partial charge in [0.15, 0.2) is 0 Å². The second-order valence-corrected chi connectivity index (χ2v) is 5.68. The third kappa shape index (κ3) is 4.04. The van der Waals surface area contributed by atoms with Crippen LogP contribution in [0.3, 0.4) is 0 Å². The molecule has 1 aromatic heterocycles. The monoisotopic (exact) mass is 250 g/mol. The van der Waals surface area contributed by atoms with Crippen LogP contribution < -0.4 is 5.32 Å². The number of nitrogens with zero attached hydrogens (tertiary/aromatic N) is 1. The molecule has 1 aliphatic carbocycles. The topological polar surface area (TPSA) is 42.0 Å². The summed E-state index contributed by atoms with van der Waals surface area (Å²) in [5.74, 6) is 1.01. The lowest BCUT2D eigenvalue weighted by Gasteiger charge is -2.09. The first-order chi connectivity index (χ1) is 8.36. The first-order valence-electron chi connectivity index (χ1n) is 6.16. The maximum absolute atomic E-state index is 11.7. The van der Waals surface area contributed by atoms with Gasteiger partial charge in [-0.05, 0) is 25.0 Å². The second kappa shape index (κ2) is 6.64. The molecule has 1 saturated carbocycles. The highest BCUT2D eigenvalue weighted by Gasteiger charge is 2.14. The van der Waals surface area contributed by atoms with Gasteiger partial charge >= 0.3 is 0 Å². The number of amides is 1. The number of carbonyl (C=O) groups is 1. The van der Waals surface area contributed by atoms with Crippen molar-refractivity contribution in [1.82, 2.24) is 10.3 Å². The van der Waals surface area contributed by atoms with Crippen molar-refractivity contribution in [3.8, 4) is 0 Å². The average molecular weight is 250 g/mol. The molecule has 0 saturated heterocycles. The molecule has 0 spiro atoms. The van der Waals surface area contributed by atoms with Crippen LogP contribution in [0.2, 0.25) is 0 Å². The van der Waals surface area contributed by atoms with E-state index >= 15 is 0 Å². The molecule has 1 fully saturated rings. The number of nitrogens with one attached hydrogen (secondary N) is 1. The van der Waals surface area contributed by atoms with Crippen LogP contribution in [0, 0.1) is 0 Å². The van der Waals surface area contributed by atoms with Crippen LogP contribution in [0.25, 0.3) is 0 Å². The van der Waals surface area contributed by atoms with Gasteiger partial charge in [-0.2, -0.15) is 11.8 Å². The van der Waals surface area contributed by atoms with E-state index in [1.165, 1.54) is 25.7 Å². The van der Waals surface area contributed by atoms with Crippen molar-refractivity contribution in [2.24, 2.45) is 0 Å². The summed E-state index contributed by atoms with van der Waals surface area (Å²) in [5, 5.41) is 3.76. The number of hydrogen-bond acceptors (Lipinski definition) is 3. The van der Waals surface area contributed by atoms with Gasteiger partial charge < -0.3 is 5.32 Å². The first-order valence-corrected chi connectivity index (χ1v) is 7.21. The van der Waals surface area contributed by atoms with E-state index in [4.69, 9.17) is 0 Å². The van der Waals surface area contributed by atoms with Crippen molar-refractivity contribution >= 4 is 17.7 Å². The standard InChI is InChI=1S/C13H18N2OS/c16-13(11-5-7-14-8-6-11)15-9-10-17-12-3-1-2-4-12/h5-8,12H,1-4,9-10H2,(H,15,16). The zero-order valence-corrected chi connectivity index (χ0v) is 10.7. The van der Waals surface area contributed by atoms with Crippen LogP contribution in [-0.2, 0) is 0 Å². The number of pyridine rings is 1. The SMILES string of the molecule is O=C(NCCSC1CCCC1)c1ccncc1. The van der Waals surface area contributed by atoms with Gasteiger partial charge in [-0.3, -0.25) is 9.78 Å². The molecule has 3 nitrogen and oxygen atoms in total. The fourth-order valence-corrected chi connectivity index (χ4v) is 3.27. The van der Waals surface area contributed by atoms with Crippen molar-refractivity contribution in [2.75, 3.05) is 12.3 Å². The van der Waals surface area contributed by atoms with Crippen molar-refractivity contribution in [3.05, 3.63) is 30.1 Å². The normalized spacial score (nSPS) is 16.0. The van der Waals surface area contributed by atoms with E-state index in [9.17, 15) is 4.79 Å². The van der Waals surface area contributed by atoms with Gasteiger partial charge in [0.05, 0.1) is 0 Å². The largest absolute Gasteiger partial charge is 0.351 e. The van der Waals surface area contributed by atoms with E-state index in [0.717, 1.165) is 17.5 Å². The summed E-state index contributed by atoms with van der Waals surface area (Å²) in [4.78, 5) is 15.6. The molecule has 2 rings (SSSR count). The summed E-state index contributed by atoms with van der Waals surface area (Å²) in [6, 6.07) is 3.47. The van der Waals surface area contributed by atoms with E-state index < -0.39 is 0 Å². The Hall–Kier alpha value is -1.03. The van der Waals surface area contributed by atoms with Gasteiger partial charge in [-0.15, -0.1) is 0 Å². The van der Waals surface area contributed by atoms with Crippen molar-refractivity contribution < 1.29 is 4.79 Å². The third-order valence-corrected chi connectivity index (χ3v) is 4.37. The molecular weight excluding hydrogens is 232 g/mol. The second-order valence-electron chi connectivity index (χ2n) is 4.27. The Balaban J connectivity index is 1.63. The molecule has 1 amide bonds. The van der Waals surface area contributed by atoms with Crippen LogP contribution in [0.5, 0.6) is 0 Å². The zero-order valence-electron chi connectivity index (χ0n) is 9.89. The number of aromatic nitrogens is 1. The average Bonchev–Trinajstić information content (AvgIpc) is 2.88. The van der Waals surface area contributed by atoms with Crippen molar-refractivity contribution in [1.29, 1.82) is 0 Å². The predicted molar refractivity (Wildman–Crippen MR) is 71.3 cm³/mol. The highest BCUT2D eigenvalue weighted by atomic mass is 32.2. The molecule has 0 unspecified atom stereocenters. The molecular formula is C13H18N2OS. The maximum atomic E-state index is 11.7. The van der Waals surface area contributed by atoms with Crippen LogP contribution in [0.4, 0.5) is 0 Å². The van der Waals surface area contributed by atoms with E-state index in [0.29, 0.717) is 5.56 Å². The maximum Gasteiger partial charge on any atom is 0.251 e. The van der Waals surface area contributed by atoms with Crippen LogP contribution in [0.1, 0.15) is 36.0 Å². The Bertz CT molecular complexity index is 350. The fourth-order valence-electron chi connectivity index (χ4n) is 2.05. The fraction of sp³-hybridized carbons (Fsp3) is 0.538. The molecule has 0 bridgehead atoms. The minimum atomic E-state index is -0.000535. The lowest BCUT2D eigenvalue weighted by Crippen LogP contribution is -2.26. The number of rotatable bonds is 5. The molecule has 1 heterocycles. The Morgan fingerprint density at radius 3 is 2.76 bits per heavy atom. The van der Waals surface area contributed by atoms with Crippen molar-refractivity contribution in [2.45, 2.75) is 30.9 Å². The van der Waals surface area contributed by atoms with Gasteiger partial charge in [0.1, 0.15) is 0 Å². The summed E-state index contributed by atoms with van der Waals surface area (Å²) in [5.41, 5.74) is 0.686. The number of hydrogen-bond donors (Lipinski definition) is 1. The quantitative estimate of drug-likeness (QED) is 0.816. The Morgan fingerprint density at radius 1 is 1.35 bits per heavy atom. The molecule has 1 aliphatic rings. The predicted octanol–water partition coefficient (Wildman–Crippen LogP) is 2.49. The Kier molecular flexibility index (Phi) is 4.86. The smallest absolute Gasteiger partial charge is 0.251 e. The van der Waals surface area contributed by atoms with Crippen LogP contribution >= 0.6 is 11.8 Å². The lowest BCUT2D eigenvalue weighted by molar-refractivity contribution is 0.0956. The van der Waals surface area contributed by atoms with Crippen molar-refractivity contribution in [3.63, 3.8) is 0 Å². The Morgan fingerprint density at radius 2 is 2.06 bits per heavy atom. The third-order valence-electron chi connectivity index (χ3n) is 2.99. The molecule has 0 atom stereocenters. The molecule has 1 N–H and O–H groups in total. The summed E-state index contributed by atoms with van der Waals surface area (Å²) < 4.78 is 0. The first kappa shape index (κ1) is 12.4. The number of carbonyl (C=O) groups excluding carboxylic acids is 1. The summed E-state index contributed by atoms with van der Waals surface area (Å²) in [6.45, 7) is 0.752. The highest BCUT2D eigenvalue weighted by molar-refractivity contribution is 7.99.